The van der Waals surface area contributed by atoms with E-state index in [0.717, 1.165) is 32.4 Å². The SMILES string of the molecule is CC(N)CCC1CCN(C(N)=O)C1. The molecule has 1 saturated heterocycles. The van der Waals surface area contributed by atoms with E-state index in [1.807, 2.05) is 6.92 Å². The molecular weight excluding hydrogens is 166 g/mol. The quantitative estimate of drug-likeness (QED) is 0.672. The van der Waals surface area contributed by atoms with E-state index in [-0.39, 0.29) is 12.1 Å². The molecule has 0 aliphatic carbocycles. The highest BCUT2D eigenvalue weighted by atomic mass is 16.2. The third-order valence-corrected chi connectivity index (χ3v) is 2.63. The van der Waals surface area contributed by atoms with Crippen LogP contribution in [0.1, 0.15) is 26.2 Å². The second-order valence-corrected chi connectivity index (χ2v) is 3.99. The predicted octanol–water partition coefficient (Wildman–Crippen LogP) is 0.514. The maximum atomic E-state index is 10.8. The Labute approximate surface area is 79.3 Å². The van der Waals surface area contributed by atoms with Crippen molar-refractivity contribution in [1.29, 1.82) is 0 Å². The van der Waals surface area contributed by atoms with Crippen LogP contribution >= 0.6 is 0 Å². The van der Waals surface area contributed by atoms with E-state index in [4.69, 9.17) is 11.5 Å². The zero-order chi connectivity index (χ0) is 9.84. The minimum Gasteiger partial charge on any atom is -0.351 e. The maximum absolute atomic E-state index is 10.8. The van der Waals surface area contributed by atoms with Gasteiger partial charge < -0.3 is 16.4 Å². The van der Waals surface area contributed by atoms with Crippen molar-refractivity contribution in [3.05, 3.63) is 0 Å². The Kier molecular flexibility index (Phi) is 3.54. The Morgan fingerprint density at radius 3 is 2.85 bits per heavy atom. The lowest BCUT2D eigenvalue weighted by Crippen LogP contribution is -2.33. The van der Waals surface area contributed by atoms with Crippen LogP contribution in [0.5, 0.6) is 0 Å². The van der Waals surface area contributed by atoms with E-state index in [0.29, 0.717) is 5.92 Å². The summed E-state index contributed by atoms with van der Waals surface area (Å²) in [5.41, 5.74) is 10.8. The van der Waals surface area contributed by atoms with Gasteiger partial charge in [0.1, 0.15) is 0 Å². The molecule has 0 aromatic rings. The molecule has 2 amide bonds. The van der Waals surface area contributed by atoms with Crippen LogP contribution in [0.4, 0.5) is 4.79 Å². The van der Waals surface area contributed by atoms with Gasteiger partial charge in [-0.1, -0.05) is 0 Å². The van der Waals surface area contributed by atoms with E-state index >= 15 is 0 Å². The summed E-state index contributed by atoms with van der Waals surface area (Å²) in [4.78, 5) is 12.5. The van der Waals surface area contributed by atoms with Crippen molar-refractivity contribution >= 4 is 6.03 Å². The van der Waals surface area contributed by atoms with E-state index in [9.17, 15) is 4.79 Å². The molecule has 0 aromatic carbocycles. The van der Waals surface area contributed by atoms with Crippen molar-refractivity contribution in [3.8, 4) is 0 Å². The van der Waals surface area contributed by atoms with E-state index in [1.54, 1.807) is 4.90 Å². The molecule has 13 heavy (non-hydrogen) atoms. The van der Waals surface area contributed by atoms with Gasteiger partial charge in [0.25, 0.3) is 0 Å². The molecule has 1 fully saturated rings. The fourth-order valence-electron chi connectivity index (χ4n) is 1.77. The minimum absolute atomic E-state index is 0.266. The van der Waals surface area contributed by atoms with Gasteiger partial charge in [-0.15, -0.1) is 0 Å². The van der Waals surface area contributed by atoms with Crippen LogP contribution in [-0.4, -0.2) is 30.1 Å². The number of hydrogen-bond acceptors (Lipinski definition) is 2. The minimum atomic E-state index is -0.289. The first kappa shape index (κ1) is 10.3. The molecule has 0 spiro atoms. The molecule has 76 valence electrons. The highest BCUT2D eigenvalue weighted by Gasteiger charge is 2.24. The molecule has 0 radical (unpaired) electrons. The molecule has 1 aliphatic rings. The first-order chi connectivity index (χ1) is 6.09. The van der Waals surface area contributed by atoms with Crippen molar-refractivity contribution in [2.75, 3.05) is 13.1 Å². The van der Waals surface area contributed by atoms with Crippen molar-refractivity contribution in [2.45, 2.75) is 32.2 Å². The zero-order valence-electron chi connectivity index (χ0n) is 8.20. The third-order valence-electron chi connectivity index (χ3n) is 2.63. The van der Waals surface area contributed by atoms with Crippen molar-refractivity contribution < 1.29 is 4.79 Å². The molecule has 1 rings (SSSR count). The number of carbonyl (C=O) groups is 1. The standard InChI is InChI=1S/C9H19N3O/c1-7(10)2-3-8-4-5-12(6-8)9(11)13/h7-8H,2-6,10H2,1H3,(H2,11,13). The molecular formula is C9H19N3O. The lowest BCUT2D eigenvalue weighted by Gasteiger charge is -2.13. The second kappa shape index (κ2) is 4.46. The van der Waals surface area contributed by atoms with E-state index < -0.39 is 0 Å². The number of likely N-dealkylation sites (tertiary alicyclic amines) is 1. The number of amides is 2. The van der Waals surface area contributed by atoms with Gasteiger partial charge >= 0.3 is 6.03 Å². The van der Waals surface area contributed by atoms with E-state index in [2.05, 4.69) is 0 Å². The molecule has 2 atom stereocenters. The normalized spacial score (nSPS) is 24.8. The lowest BCUT2D eigenvalue weighted by molar-refractivity contribution is 0.216. The highest BCUT2D eigenvalue weighted by Crippen LogP contribution is 2.20. The summed E-state index contributed by atoms with van der Waals surface area (Å²) in [5.74, 6) is 0.610. The average Bonchev–Trinajstić information content (AvgIpc) is 2.48. The largest absolute Gasteiger partial charge is 0.351 e. The molecule has 0 saturated carbocycles. The van der Waals surface area contributed by atoms with Crippen molar-refractivity contribution in [3.63, 3.8) is 0 Å². The summed E-state index contributed by atoms with van der Waals surface area (Å²) < 4.78 is 0. The Bertz CT molecular complexity index is 182. The Morgan fingerprint density at radius 1 is 1.69 bits per heavy atom. The number of rotatable bonds is 3. The van der Waals surface area contributed by atoms with Crippen LogP contribution in [0.15, 0.2) is 0 Å². The van der Waals surface area contributed by atoms with Crippen LogP contribution in [-0.2, 0) is 0 Å². The molecule has 0 bridgehead atoms. The average molecular weight is 185 g/mol. The number of hydrogen-bond donors (Lipinski definition) is 2. The van der Waals surface area contributed by atoms with Crippen LogP contribution in [0.2, 0.25) is 0 Å². The van der Waals surface area contributed by atoms with E-state index in [1.165, 1.54) is 0 Å². The number of carbonyl (C=O) groups excluding carboxylic acids is 1. The lowest BCUT2D eigenvalue weighted by atomic mass is 10.0. The van der Waals surface area contributed by atoms with Gasteiger partial charge in [0, 0.05) is 19.1 Å². The van der Waals surface area contributed by atoms with Gasteiger partial charge in [-0.25, -0.2) is 4.79 Å². The second-order valence-electron chi connectivity index (χ2n) is 3.99. The molecule has 2 unspecified atom stereocenters. The van der Waals surface area contributed by atoms with Gasteiger partial charge in [-0.3, -0.25) is 0 Å². The Balaban J connectivity index is 2.21. The molecule has 4 heteroatoms. The van der Waals surface area contributed by atoms with Crippen LogP contribution in [0.3, 0.4) is 0 Å². The number of primary amides is 1. The number of nitrogens with zero attached hydrogens (tertiary/aromatic N) is 1. The molecule has 4 N–H and O–H groups in total. The van der Waals surface area contributed by atoms with Crippen LogP contribution in [0.25, 0.3) is 0 Å². The van der Waals surface area contributed by atoms with Crippen LogP contribution in [0, 0.1) is 5.92 Å². The summed E-state index contributed by atoms with van der Waals surface area (Å²) in [6, 6.07) is -0.0223. The summed E-state index contributed by atoms with van der Waals surface area (Å²) in [6.45, 7) is 3.65. The summed E-state index contributed by atoms with van der Waals surface area (Å²) >= 11 is 0. The monoisotopic (exact) mass is 185 g/mol. The number of nitrogens with two attached hydrogens (primary N) is 2. The van der Waals surface area contributed by atoms with Gasteiger partial charge in [-0.05, 0) is 32.1 Å². The van der Waals surface area contributed by atoms with Gasteiger partial charge in [-0.2, -0.15) is 0 Å². The molecule has 4 nitrogen and oxygen atoms in total. The topological polar surface area (TPSA) is 72.3 Å². The molecule has 0 aromatic heterocycles. The Hall–Kier alpha value is -0.770. The van der Waals surface area contributed by atoms with Gasteiger partial charge in [0.05, 0.1) is 0 Å². The zero-order valence-corrected chi connectivity index (χ0v) is 8.20. The smallest absolute Gasteiger partial charge is 0.314 e. The first-order valence-electron chi connectivity index (χ1n) is 4.89. The summed E-state index contributed by atoms with van der Waals surface area (Å²) in [6.07, 6.45) is 3.23. The predicted molar refractivity (Wildman–Crippen MR) is 52.1 cm³/mol. The molecule has 1 aliphatic heterocycles. The van der Waals surface area contributed by atoms with Crippen LogP contribution < -0.4 is 11.5 Å². The highest BCUT2D eigenvalue weighted by molar-refractivity contribution is 5.72. The van der Waals surface area contributed by atoms with Gasteiger partial charge in [0.15, 0.2) is 0 Å². The Morgan fingerprint density at radius 2 is 2.38 bits per heavy atom. The fourth-order valence-corrected chi connectivity index (χ4v) is 1.77. The summed E-state index contributed by atoms with van der Waals surface area (Å²) in [5, 5.41) is 0. The van der Waals surface area contributed by atoms with Crippen molar-refractivity contribution in [1.82, 2.24) is 4.90 Å². The third kappa shape index (κ3) is 3.22. The number of urea groups is 1. The van der Waals surface area contributed by atoms with Crippen molar-refractivity contribution in [2.24, 2.45) is 17.4 Å². The summed E-state index contributed by atoms with van der Waals surface area (Å²) in [7, 11) is 0. The molecule has 1 heterocycles. The maximum Gasteiger partial charge on any atom is 0.314 e. The first-order valence-corrected chi connectivity index (χ1v) is 4.89. The fraction of sp³-hybridized carbons (Fsp3) is 0.889. The van der Waals surface area contributed by atoms with Gasteiger partial charge in [0.2, 0.25) is 0 Å².